The van der Waals surface area contributed by atoms with E-state index in [-0.39, 0.29) is 10.8 Å². The van der Waals surface area contributed by atoms with Crippen LogP contribution in [-0.2, 0) is 10.8 Å². The second kappa shape index (κ2) is 30.2. The highest BCUT2D eigenvalue weighted by molar-refractivity contribution is 5.92. The number of hydrogen-bond acceptors (Lipinski definition) is 6. The Hall–Kier alpha value is -13.7. The summed E-state index contributed by atoms with van der Waals surface area (Å²) in [4.78, 5) is 30.0. The maximum atomic E-state index is 5.09. The van der Waals surface area contributed by atoms with Gasteiger partial charge in [-0.05, 0) is 160 Å². The van der Waals surface area contributed by atoms with E-state index in [9.17, 15) is 0 Å². The van der Waals surface area contributed by atoms with Gasteiger partial charge in [-0.25, -0.2) is 29.9 Å². The molecule has 2 saturated carbocycles. The molecular weight excluding hydrogens is 1380 g/mol. The summed E-state index contributed by atoms with van der Waals surface area (Å²) in [5.41, 5.74) is 34.8. The summed E-state index contributed by atoms with van der Waals surface area (Å²) in [7, 11) is 0. The van der Waals surface area contributed by atoms with Crippen molar-refractivity contribution in [1.82, 2.24) is 29.9 Å². The van der Waals surface area contributed by atoms with Crippen molar-refractivity contribution in [1.29, 1.82) is 0 Å². The Morgan fingerprint density at radius 1 is 0.149 bits per heavy atom. The van der Waals surface area contributed by atoms with E-state index in [1.807, 2.05) is 60.7 Å². The fourth-order valence-electron chi connectivity index (χ4n) is 18.8. The molecule has 0 N–H and O–H groups in total. The van der Waals surface area contributed by atoms with Gasteiger partial charge in [-0.1, -0.05) is 403 Å². The van der Waals surface area contributed by atoms with Crippen LogP contribution in [0.4, 0.5) is 0 Å². The standard InChI is InChI=1S/C57H43N3.C51H39N3/c1-4-13-39(14-5-1)40-27-33-47(34-28-40)55-58-54(46-15-6-2-7-16-46)59-56(60-55)48-35-29-44(30-36-48)42-23-21-41(22-24-42)43-25-31-45(32-26-43)49-18-12-19-51-50-17-8-9-20-52(50)57(53(49)51)37-10-3-11-38-57;1-4-15-35(16-5-1)36-27-29-38(30-28-36)49-52-48(37-17-6-2-7-18-37)53-50(54-49)42-22-13-20-40(34-42)39-19-12-21-41(33-39)43-24-14-25-45-44-23-8-9-26-46(44)51(47(43)45)31-10-3-11-32-51/h1-2,4-9,12-36H,3,10-11,37-38H2;1-2,4-9,12-30,33-34H,3,10-11,31-32H2. The third-order valence-corrected chi connectivity index (χ3v) is 24.3. The highest BCUT2D eigenvalue weighted by Gasteiger charge is 2.47. The molecule has 114 heavy (non-hydrogen) atoms. The summed E-state index contributed by atoms with van der Waals surface area (Å²) in [6, 6.07) is 135. The summed E-state index contributed by atoms with van der Waals surface area (Å²) in [6.45, 7) is 0. The van der Waals surface area contributed by atoms with E-state index in [1.54, 1.807) is 5.56 Å². The predicted octanol–water partition coefficient (Wildman–Crippen LogP) is 27.9. The zero-order valence-electron chi connectivity index (χ0n) is 63.6. The van der Waals surface area contributed by atoms with Crippen LogP contribution in [0.5, 0.6) is 0 Å². The van der Waals surface area contributed by atoms with Gasteiger partial charge in [0, 0.05) is 44.2 Å². The van der Waals surface area contributed by atoms with Crippen LogP contribution in [0.1, 0.15) is 86.5 Å². The molecule has 2 aromatic heterocycles. The highest BCUT2D eigenvalue weighted by Crippen LogP contribution is 2.60. The topological polar surface area (TPSA) is 77.3 Å². The van der Waals surface area contributed by atoms with Gasteiger partial charge in [0.05, 0.1) is 0 Å². The summed E-state index contributed by atoms with van der Waals surface area (Å²) in [6.07, 6.45) is 12.7. The lowest BCUT2D eigenvalue weighted by Crippen LogP contribution is -2.28. The zero-order chi connectivity index (χ0) is 75.8. The molecular formula is C108H82N6. The molecule has 15 aromatic carbocycles. The van der Waals surface area contributed by atoms with Crippen molar-refractivity contribution < 1.29 is 0 Å². The third kappa shape index (κ3) is 13.1. The van der Waals surface area contributed by atoms with Gasteiger partial charge in [0.2, 0.25) is 0 Å². The van der Waals surface area contributed by atoms with E-state index >= 15 is 0 Å². The van der Waals surface area contributed by atoms with Crippen LogP contribution in [0.15, 0.2) is 376 Å². The number of rotatable bonds is 13. The van der Waals surface area contributed by atoms with Gasteiger partial charge in [0.25, 0.3) is 0 Å². The molecule has 2 spiro atoms. The summed E-state index contributed by atoms with van der Waals surface area (Å²) in [5, 5.41) is 0. The summed E-state index contributed by atoms with van der Waals surface area (Å²) in [5.74, 6) is 3.92. The molecule has 0 atom stereocenters. The van der Waals surface area contributed by atoms with Crippen LogP contribution in [0.25, 0.3) is 168 Å². The van der Waals surface area contributed by atoms with E-state index in [1.165, 1.54) is 159 Å². The first kappa shape index (κ1) is 69.5. The molecule has 0 amide bonds. The first-order valence-electron chi connectivity index (χ1n) is 40.4. The molecule has 0 aliphatic heterocycles. The Labute approximate surface area is 667 Å². The maximum absolute atomic E-state index is 5.09. The first-order chi connectivity index (χ1) is 56.4. The second-order valence-corrected chi connectivity index (χ2v) is 31.0. The molecule has 4 aliphatic rings. The minimum Gasteiger partial charge on any atom is -0.208 e. The average molecular weight is 1460 g/mol. The Balaban J connectivity index is 0.000000149. The molecule has 2 heterocycles. The second-order valence-electron chi connectivity index (χ2n) is 31.0. The van der Waals surface area contributed by atoms with Crippen LogP contribution < -0.4 is 0 Å². The normalized spacial score (nSPS) is 13.9. The number of nitrogens with zero attached hydrogens (tertiary/aromatic N) is 6. The van der Waals surface area contributed by atoms with E-state index < -0.39 is 0 Å². The monoisotopic (exact) mass is 1460 g/mol. The SMILES string of the molecule is c1ccc(-c2ccc(-c3nc(-c4ccccc4)nc(-c4ccc(-c5ccc(-c6ccc(-c7cccc8c7C7(CCCCC7)c7ccccc7-8)cc6)cc5)cc4)n3)cc2)cc1.c1ccc(-c2ccc(-c3nc(-c4ccccc4)nc(-c4cccc(-c5cccc(-c6cccc7c6C6(CCCCC6)c6ccccc6-7)c5)c4)n3)cc2)cc1. The number of fused-ring (bicyclic) bond motifs is 10. The predicted molar refractivity (Wildman–Crippen MR) is 469 cm³/mol. The quantitative estimate of drug-likeness (QED) is 0.114. The highest BCUT2D eigenvalue weighted by atomic mass is 15.0. The number of aromatic nitrogens is 6. The van der Waals surface area contributed by atoms with Crippen molar-refractivity contribution in [2.24, 2.45) is 0 Å². The zero-order valence-corrected chi connectivity index (χ0v) is 63.6. The van der Waals surface area contributed by atoms with Gasteiger partial charge < -0.3 is 0 Å². The largest absolute Gasteiger partial charge is 0.208 e. The summed E-state index contributed by atoms with van der Waals surface area (Å²) >= 11 is 0. The van der Waals surface area contributed by atoms with Gasteiger partial charge in [-0.3, -0.25) is 0 Å². The Bertz CT molecular complexity index is 6350. The van der Waals surface area contributed by atoms with E-state index in [0.717, 1.165) is 55.6 Å². The van der Waals surface area contributed by atoms with Crippen LogP contribution >= 0.6 is 0 Å². The van der Waals surface area contributed by atoms with Gasteiger partial charge in [-0.2, -0.15) is 0 Å². The number of benzene rings is 15. The molecule has 6 heteroatoms. The van der Waals surface area contributed by atoms with Crippen molar-refractivity contribution in [3.63, 3.8) is 0 Å². The van der Waals surface area contributed by atoms with Gasteiger partial charge in [-0.15, -0.1) is 0 Å². The van der Waals surface area contributed by atoms with E-state index in [2.05, 4.69) is 315 Å². The molecule has 0 bridgehead atoms. The van der Waals surface area contributed by atoms with Crippen molar-refractivity contribution in [3.8, 4) is 168 Å². The van der Waals surface area contributed by atoms with E-state index in [0.29, 0.717) is 34.9 Å². The van der Waals surface area contributed by atoms with Crippen molar-refractivity contribution in [2.45, 2.75) is 75.0 Å². The van der Waals surface area contributed by atoms with Crippen LogP contribution in [0.3, 0.4) is 0 Å². The molecule has 544 valence electrons. The lowest BCUT2D eigenvalue weighted by atomic mass is 9.66. The fraction of sp³-hybridized carbons (Fsp3) is 0.111. The lowest BCUT2D eigenvalue weighted by Gasteiger charge is -2.37. The molecule has 0 radical (unpaired) electrons. The third-order valence-electron chi connectivity index (χ3n) is 24.3. The van der Waals surface area contributed by atoms with Gasteiger partial charge in [0.1, 0.15) is 0 Å². The van der Waals surface area contributed by atoms with Crippen molar-refractivity contribution in [2.75, 3.05) is 0 Å². The van der Waals surface area contributed by atoms with Crippen molar-refractivity contribution >= 4 is 0 Å². The fourth-order valence-corrected chi connectivity index (χ4v) is 18.8. The molecule has 17 aromatic rings. The Morgan fingerprint density at radius 3 is 0.728 bits per heavy atom. The van der Waals surface area contributed by atoms with Crippen LogP contribution in [0, 0.1) is 0 Å². The minimum absolute atomic E-state index is 0.0887. The Morgan fingerprint density at radius 2 is 0.368 bits per heavy atom. The van der Waals surface area contributed by atoms with Crippen LogP contribution in [0.2, 0.25) is 0 Å². The average Bonchev–Trinajstić information content (AvgIpc) is 1.56. The molecule has 0 unspecified atom stereocenters. The van der Waals surface area contributed by atoms with E-state index in [4.69, 9.17) is 29.9 Å². The summed E-state index contributed by atoms with van der Waals surface area (Å²) < 4.78 is 0. The minimum atomic E-state index is 0.0887. The Kier molecular flexibility index (Phi) is 18.4. The molecule has 6 nitrogen and oxygen atoms in total. The van der Waals surface area contributed by atoms with Gasteiger partial charge in [0.15, 0.2) is 34.9 Å². The molecule has 2 fully saturated rings. The van der Waals surface area contributed by atoms with Crippen LogP contribution in [-0.4, -0.2) is 29.9 Å². The molecule has 4 aliphatic carbocycles. The number of hydrogen-bond donors (Lipinski definition) is 0. The maximum Gasteiger partial charge on any atom is 0.164 e. The molecule has 0 saturated heterocycles. The molecule has 21 rings (SSSR count). The van der Waals surface area contributed by atoms with Gasteiger partial charge >= 0.3 is 0 Å². The first-order valence-corrected chi connectivity index (χ1v) is 40.4. The smallest absolute Gasteiger partial charge is 0.164 e. The lowest BCUT2D eigenvalue weighted by molar-refractivity contribution is 0.353. The van der Waals surface area contributed by atoms with Crippen molar-refractivity contribution in [3.05, 3.63) is 398 Å².